The second kappa shape index (κ2) is 6.44. The van der Waals surface area contributed by atoms with Gasteiger partial charge in [0.2, 0.25) is 0 Å². The summed E-state index contributed by atoms with van der Waals surface area (Å²) in [5, 5.41) is 4.50. The maximum absolute atomic E-state index is 13.1. The molecule has 0 radical (unpaired) electrons. The van der Waals surface area contributed by atoms with E-state index in [0.29, 0.717) is 11.3 Å². The van der Waals surface area contributed by atoms with Crippen LogP contribution in [0, 0.1) is 13.8 Å². The summed E-state index contributed by atoms with van der Waals surface area (Å²) in [4.78, 5) is 19.5. The van der Waals surface area contributed by atoms with Crippen molar-refractivity contribution < 1.29 is 9.53 Å². The van der Waals surface area contributed by atoms with E-state index in [1.54, 1.807) is 17.7 Å². The Balaban J connectivity index is 1.67. The highest BCUT2D eigenvalue weighted by Crippen LogP contribution is 2.34. The number of benzene rings is 1. The van der Waals surface area contributed by atoms with Gasteiger partial charge in [-0.25, -0.2) is 9.50 Å². The average Bonchev–Trinajstić information content (AvgIpc) is 3.28. The van der Waals surface area contributed by atoms with E-state index >= 15 is 0 Å². The molecule has 0 aliphatic carbocycles. The fourth-order valence-electron chi connectivity index (χ4n) is 3.74. The normalized spacial score (nSPS) is 17.0. The minimum Gasteiger partial charge on any atom is -0.497 e. The molecule has 4 rings (SSSR count). The lowest BCUT2D eigenvalue weighted by molar-refractivity contribution is 0.0729. The molecular formula is C20H22N4O2. The first kappa shape index (κ1) is 16.6. The van der Waals surface area contributed by atoms with Crippen molar-refractivity contribution in [3.63, 3.8) is 0 Å². The van der Waals surface area contributed by atoms with Gasteiger partial charge in [0.05, 0.1) is 13.2 Å². The highest BCUT2D eigenvalue weighted by atomic mass is 16.5. The first-order valence-corrected chi connectivity index (χ1v) is 8.86. The molecule has 1 aliphatic rings. The molecule has 1 aliphatic heterocycles. The summed E-state index contributed by atoms with van der Waals surface area (Å²) in [5.74, 6) is 0.766. The zero-order valence-electron chi connectivity index (χ0n) is 15.3. The second-order valence-electron chi connectivity index (χ2n) is 6.77. The summed E-state index contributed by atoms with van der Waals surface area (Å²) in [6.07, 6.45) is 1.93. The van der Waals surface area contributed by atoms with Gasteiger partial charge in [-0.05, 0) is 50.5 Å². The Morgan fingerprint density at radius 3 is 2.88 bits per heavy atom. The van der Waals surface area contributed by atoms with Crippen molar-refractivity contribution in [3.05, 3.63) is 59.0 Å². The molecule has 1 fully saturated rings. The highest BCUT2D eigenvalue weighted by Gasteiger charge is 2.32. The molecule has 3 aromatic rings. The predicted octanol–water partition coefficient (Wildman–Crippen LogP) is 3.33. The molecule has 1 atom stereocenters. The van der Waals surface area contributed by atoms with Gasteiger partial charge in [-0.15, -0.1) is 0 Å². The van der Waals surface area contributed by atoms with Crippen LogP contribution in [0.15, 0.2) is 36.4 Å². The lowest BCUT2D eigenvalue weighted by atomic mass is 10.0. The van der Waals surface area contributed by atoms with Crippen molar-refractivity contribution in [2.45, 2.75) is 32.7 Å². The Labute approximate surface area is 152 Å². The third-order valence-electron chi connectivity index (χ3n) is 4.94. The number of ether oxygens (including phenoxy) is 1. The molecule has 3 heterocycles. The molecule has 1 amide bonds. The quantitative estimate of drug-likeness (QED) is 0.727. The molecule has 0 spiro atoms. The van der Waals surface area contributed by atoms with E-state index in [1.165, 1.54) is 0 Å². The summed E-state index contributed by atoms with van der Waals surface area (Å²) in [7, 11) is 1.66. The summed E-state index contributed by atoms with van der Waals surface area (Å²) in [6.45, 7) is 4.65. The van der Waals surface area contributed by atoms with E-state index in [0.717, 1.165) is 42.1 Å². The van der Waals surface area contributed by atoms with Crippen molar-refractivity contribution >= 4 is 11.6 Å². The predicted molar refractivity (Wildman–Crippen MR) is 98.5 cm³/mol. The van der Waals surface area contributed by atoms with Gasteiger partial charge in [0.15, 0.2) is 11.3 Å². The van der Waals surface area contributed by atoms with Gasteiger partial charge in [0.25, 0.3) is 5.91 Å². The van der Waals surface area contributed by atoms with Crippen molar-refractivity contribution in [2.24, 2.45) is 0 Å². The van der Waals surface area contributed by atoms with Crippen LogP contribution in [-0.2, 0) is 0 Å². The SMILES string of the molecule is COc1cccc([C@@H]2CCCN2C(=O)c2cc3nc(C)cc(C)n3n2)c1. The fourth-order valence-corrected chi connectivity index (χ4v) is 3.74. The molecule has 0 saturated carbocycles. The van der Waals surface area contributed by atoms with Gasteiger partial charge in [0.1, 0.15) is 5.75 Å². The largest absolute Gasteiger partial charge is 0.497 e. The Hall–Kier alpha value is -2.89. The van der Waals surface area contributed by atoms with Crippen molar-refractivity contribution in [2.75, 3.05) is 13.7 Å². The molecular weight excluding hydrogens is 328 g/mol. The number of fused-ring (bicyclic) bond motifs is 1. The highest BCUT2D eigenvalue weighted by molar-refractivity contribution is 5.93. The minimum absolute atomic E-state index is 0.0436. The number of likely N-dealkylation sites (tertiary alicyclic amines) is 1. The first-order chi connectivity index (χ1) is 12.6. The summed E-state index contributed by atoms with van der Waals surface area (Å²) >= 11 is 0. The maximum Gasteiger partial charge on any atom is 0.274 e. The van der Waals surface area contributed by atoms with E-state index in [-0.39, 0.29) is 11.9 Å². The van der Waals surface area contributed by atoms with Gasteiger partial charge in [-0.2, -0.15) is 5.10 Å². The number of nitrogens with zero attached hydrogens (tertiary/aromatic N) is 4. The molecule has 1 saturated heterocycles. The van der Waals surface area contributed by atoms with E-state index < -0.39 is 0 Å². The van der Waals surface area contributed by atoms with Crippen molar-refractivity contribution in [1.29, 1.82) is 0 Å². The second-order valence-corrected chi connectivity index (χ2v) is 6.77. The van der Waals surface area contributed by atoms with Crippen LogP contribution >= 0.6 is 0 Å². The molecule has 0 bridgehead atoms. The van der Waals surface area contributed by atoms with E-state index in [2.05, 4.69) is 16.1 Å². The molecule has 6 nitrogen and oxygen atoms in total. The van der Waals surface area contributed by atoms with Crippen LogP contribution in [0.5, 0.6) is 5.75 Å². The van der Waals surface area contributed by atoms with Crippen LogP contribution in [0.2, 0.25) is 0 Å². The summed E-state index contributed by atoms with van der Waals surface area (Å²) in [6, 6.07) is 11.7. The van der Waals surface area contributed by atoms with Gasteiger partial charge in [-0.1, -0.05) is 12.1 Å². The minimum atomic E-state index is -0.0436. The van der Waals surface area contributed by atoms with Gasteiger partial charge >= 0.3 is 0 Å². The average molecular weight is 350 g/mol. The molecule has 1 aromatic carbocycles. The Morgan fingerprint density at radius 2 is 2.08 bits per heavy atom. The summed E-state index contributed by atoms with van der Waals surface area (Å²) < 4.78 is 7.06. The molecule has 134 valence electrons. The number of aromatic nitrogens is 3. The monoisotopic (exact) mass is 350 g/mol. The van der Waals surface area contributed by atoms with E-state index in [9.17, 15) is 4.79 Å². The lowest BCUT2D eigenvalue weighted by Gasteiger charge is -2.24. The zero-order valence-corrected chi connectivity index (χ0v) is 15.3. The lowest BCUT2D eigenvalue weighted by Crippen LogP contribution is -2.30. The smallest absolute Gasteiger partial charge is 0.274 e. The van der Waals surface area contributed by atoms with Crippen molar-refractivity contribution in [3.8, 4) is 5.75 Å². The molecule has 0 unspecified atom stereocenters. The standard InChI is InChI=1S/C20H22N4O2/c1-13-10-14(2)24-19(21-13)12-17(22-24)20(25)23-9-5-8-18(23)15-6-4-7-16(11-15)26-3/h4,6-7,10-12,18H,5,8-9H2,1-3H3/t18-/m0/s1. The number of aryl methyl sites for hydroxylation is 2. The van der Waals surface area contributed by atoms with E-state index in [4.69, 9.17) is 4.74 Å². The van der Waals surface area contributed by atoms with Crippen LogP contribution in [-0.4, -0.2) is 39.1 Å². The molecule has 26 heavy (non-hydrogen) atoms. The van der Waals surface area contributed by atoms with Crippen molar-refractivity contribution in [1.82, 2.24) is 19.5 Å². The fraction of sp³-hybridized carbons (Fsp3) is 0.350. The number of amides is 1. The number of hydrogen-bond acceptors (Lipinski definition) is 4. The third-order valence-corrected chi connectivity index (χ3v) is 4.94. The maximum atomic E-state index is 13.1. The Bertz CT molecular complexity index is 979. The number of carbonyl (C=O) groups excluding carboxylic acids is 1. The number of carbonyl (C=O) groups is 1. The van der Waals surface area contributed by atoms with Crippen LogP contribution in [0.3, 0.4) is 0 Å². The summed E-state index contributed by atoms with van der Waals surface area (Å²) in [5.41, 5.74) is 4.15. The molecule has 6 heteroatoms. The molecule has 2 aromatic heterocycles. The van der Waals surface area contributed by atoms with Crippen LogP contribution in [0.1, 0.15) is 46.3 Å². The van der Waals surface area contributed by atoms with Crippen LogP contribution in [0.25, 0.3) is 5.65 Å². The van der Waals surface area contributed by atoms with Crippen LogP contribution in [0.4, 0.5) is 0 Å². The first-order valence-electron chi connectivity index (χ1n) is 8.86. The Morgan fingerprint density at radius 1 is 1.23 bits per heavy atom. The Kier molecular flexibility index (Phi) is 4.11. The van der Waals surface area contributed by atoms with Gasteiger partial charge in [0, 0.05) is 24.0 Å². The van der Waals surface area contributed by atoms with Crippen LogP contribution < -0.4 is 4.74 Å². The third kappa shape index (κ3) is 2.81. The number of rotatable bonds is 3. The van der Waals surface area contributed by atoms with E-state index in [1.807, 2.05) is 43.0 Å². The van der Waals surface area contributed by atoms with Gasteiger partial charge in [-0.3, -0.25) is 4.79 Å². The number of methoxy groups -OCH3 is 1. The number of hydrogen-bond donors (Lipinski definition) is 0. The van der Waals surface area contributed by atoms with Gasteiger partial charge < -0.3 is 9.64 Å². The topological polar surface area (TPSA) is 59.7 Å². The molecule has 0 N–H and O–H groups in total. The zero-order chi connectivity index (χ0) is 18.3.